The first-order valence-electron chi connectivity index (χ1n) is 16.1. The molecule has 0 fully saturated rings. The highest BCUT2D eigenvalue weighted by atomic mass is 32.2. The first kappa shape index (κ1) is 30.3. The molecule has 0 saturated heterocycles. The third-order valence-corrected chi connectivity index (χ3v) is 13.0. The van der Waals surface area contributed by atoms with Gasteiger partial charge in [0.15, 0.2) is 6.20 Å². The summed E-state index contributed by atoms with van der Waals surface area (Å²) in [6, 6.07) is 14.0. The Morgan fingerprint density at radius 3 is 1.95 bits per heavy atom. The number of nitrogens with zero attached hydrogens (tertiary/aromatic N) is 1. The Hall–Kier alpha value is -2.40. The molecule has 3 aromatic heterocycles. The van der Waals surface area contributed by atoms with E-state index in [0.717, 1.165) is 19.3 Å². The fourth-order valence-electron chi connectivity index (χ4n) is 7.22. The average Bonchev–Trinajstić information content (AvgIpc) is 3.41. The van der Waals surface area contributed by atoms with Crippen LogP contribution >= 0.6 is 34.4 Å². The highest BCUT2D eigenvalue weighted by Crippen LogP contribution is 2.57. The number of hydrogen-bond acceptors (Lipinski definition) is 3. The third kappa shape index (κ3) is 5.00. The van der Waals surface area contributed by atoms with Gasteiger partial charge in [0.2, 0.25) is 5.69 Å². The molecule has 1 nitrogen and oxygen atoms in total. The summed E-state index contributed by atoms with van der Waals surface area (Å²) in [5, 5.41) is 7.07. The lowest BCUT2D eigenvalue weighted by molar-refractivity contribution is -0.659. The number of benzene rings is 3. The largest absolute Gasteiger partial charge is 0.222 e. The quantitative estimate of drug-likeness (QED) is 0.175. The minimum absolute atomic E-state index is 0.184. The zero-order valence-corrected chi connectivity index (χ0v) is 30.8. The highest BCUT2D eigenvalue weighted by molar-refractivity contribution is 8.00. The number of rotatable bonds is 3. The molecule has 0 atom stereocenters. The summed E-state index contributed by atoms with van der Waals surface area (Å²) in [6.45, 7) is 23.8. The smallest absolute Gasteiger partial charge is 0.200 e. The number of aryl methyl sites for hydroxylation is 2. The van der Waals surface area contributed by atoms with Gasteiger partial charge in [0.25, 0.3) is 0 Å². The van der Waals surface area contributed by atoms with Gasteiger partial charge < -0.3 is 0 Å². The molecule has 0 unspecified atom stereocenters. The predicted molar refractivity (Wildman–Crippen MR) is 197 cm³/mol. The Balaban J connectivity index is 1.59. The first-order chi connectivity index (χ1) is 20.5. The lowest BCUT2D eigenvalue weighted by Crippen LogP contribution is -2.32. The number of pyridine rings is 1. The van der Waals surface area contributed by atoms with Crippen LogP contribution in [0.4, 0.5) is 0 Å². The molecule has 4 heterocycles. The van der Waals surface area contributed by atoms with E-state index in [2.05, 4.69) is 158 Å². The van der Waals surface area contributed by atoms with Crippen LogP contribution in [0.1, 0.15) is 83.9 Å². The fourth-order valence-corrected chi connectivity index (χ4v) is 12.0. The molecule has 0 amide bonds. The molecule has 0 N–H and O–H groups in total. The summed E-state index contributed by atoms with van der Waals surface area (Å²) in [5.74, 6) is 0. The van der Waals surface area contributed by atoms with E-state index in [1.54, 1.807) is 10.4 Å². The second kappa shape index (κ2) is 10.0. The van der Waals surface area contributed by atoms with Crippen LogP contribution in [-0.2, 0) is 26.3 Å². The second-order valence-corrected chi connectivity index (χ2v) is 19.9. The summed E-state index contributed by atoms with van der Waals surface area (Å²) in [5.41, 5.74) is 8.03. The van der Waals surface area contributed by atoms with Crippen molar-refractivity contribution in [3.63, 3.8) is 0 Å². The van der Waals surface area contributed by atoms with E-state index in [-0.39, 0.29) is 16.2 Å². The molecule has 0 radical (unpaired) electrons. The number of fused-ring (bicyclic) bond motifs is 7. The molecule has 228 valence electrons. The maximum Gasteiger partial charge on any atom is 0.222 e. The first-order valence-corrected chi connectivity index (χ1v) is 18.5. The maximum absolute atomic E-state index is 2.52. The van der Waals surface area contributed by atoms with Crippen molar-refractivity contribution in [2.75, 3.05) is 0 Å². The van der Waals surface area contributed by atoms with Crippen molar-refractivity contribution in [2.45, 2.75) is 98.3 Å². The van der Waals surface area contributed by atoms with Crippen LogP contribution in [0.2, 0.25) is 0 Å². The van der Waals surface area contributed by atoms with Gasteiger partial charge in [-0.2, -0.15) is 0 Å². The molecule has 44 heavy (non-hydrogen) atoms. The SMILES string of the molecule is Cc1c2c(c(CC(C)(C)C)c3ccccc13)Sc1c3sc4c(CC(C)(C)C)c(CC(C)(C)C)sc4c3cc3cc[n+](C)c-2c13. The van der Waals surface area contributed by atoms with Gasteiger partial charge in [0, 0.05) is 30.8 Å². The fraction of sp³-hybridized carbons (Fsp3) is 0.425. The van der Waals surface area contributed by atoms with Crippen LogP contribution < -0.4 is 4.57 Å². The Morgan fingerprint density at radius 2 is 1.30 bits per heavy atom. The highest BCUT2D eigenvalue weighted by Gasteiger charge is 2.35. The van der Waals surface area contributed by atoms with Crippen molar-refractivity contribution < 1.29 is 4.57 Å². The monoisotopic (exact) mass is 636 g/mol. The van der Waals surface area contributed by atoms with Crippen molar-refractivity contribution in [1.82, 2.24) is 0 Å². The van der Waals surface area contributed by atoms with E-state index in [4.69, 9.17) is 0 Å². The van der Waals surface area contributed by atoms with Crippen molar-refractivity contribution in [2.24, 2.45) is 23.3 Å². The van der Waals surface area contributed by atoms with E-state index in [1.807, 2.05) is 0 Å². The van der Waals surface area contributed by atoms with Gasteiger partial charge in [-0.3, -0.25) is 0 Å². The molecule has 0 spiro atoms. The normalized spacial score (nSPS) is 14.0. The van der Waals surface area contributed by atoms with E-state index in [1.165, 1.54) is 73.2 Å². The van der Waals surface area contributed by atoms with Gasteiger partial charge in [-0.15, -0.1) is 22.7 Å². The van der Waals surface area contributed by atoms with Crippen molar-refractivity contribution in [1.29, 1.82) is 0 Å². The summed E-state index contributed by atoms with van der Waals surface area (Å²) < 4.78 is 6.91. The molecular weight excluding hydrogens is 591 g/mol. The number of aromatic nitrogens is 1. The molecule has 4 heteroatoms. The zero-order valence-electron chi connectivity index (χ0n) is 28.3. The molecule has 1 aliphatic heterocycles. The van der Waals surface area contributed by atoms with E-state index >= 15 is 0 Å². The summed E-state index contributed by atoms with van der Waals surface area (Å²) in [6.07, 6.45) is 5.60. The van der Waals surface area contributed by atoms with Gasteiger partial charge in [-0.25, -0.2) is 4.57 Å². The number of hydrogen-bond donors (Lipinski definition) is 0. The van der Waals surface area contributed by atoms with Crippen LogP contribution in [0.15, 0.2) is 52.4 Å². The Kier molecular flexibility index (Phi) is 6.91. The number of thiophene rings is 2. The minimum Gasteiger partial charge on any atom is -0.200 e. The molecule has 6 aromatic rings. The third-order valence-electron chi connectivity index (χ3n) is 8.90. The summed E-state index contributed by atoms with van der Waals surface area (Å²) in [4.78, 5) is 4.53. The van der Waals surface area contributed by atoms with Gasteiger partial charge in [-0.05, 0) is 81.3 Å². The molecule has 0 aliphatic carbocycles. The van der Waals surface area contributed by atoms with E-state index < -0.39 is 0 Å². The molecule has 3 aromatic carbocycles. The predicted octanol–water partition coefficient (Wildman–Crippen LogP) is 12.5. The van der Waals surface area contributed by atoms with Crippen molar-refractivity contribution in [3.8, 4) is 11.3 Å². The standard InChI is InChI=1S/C40H46NS3/c1-22-24-14-12-13-15-25(24)27(19-38(2,3)4)33-30(22)32-31-23(16-17-41(32)11)18-26-34-36(44-35(26)37(31)43-33)28(20-39(5,6)7)29(42-34)21-40(8,9)10/h12-18H,19-21H2,1-11H3/q+1. The summed E-state index contributed by atoms with van der Waals surface area (Å²) in [7, 11) is 2.24. The molecule has 0 saturated carbocycles. The van der Waals surface area contributed by atoms with Crippen LogP contribution in [0.3, 0.4) is 0 Å². The van der Waals surface area contributed by atoms with Crippen LogP contribution in [0, 0.1) is 23.2 Å². The zero-order chi connectivity index (χ0) is 31.5. The maximum atomic E-state index is 2.52. The van der Waals surface area contributed by atoms with Crippen molar-refractivity contribution >= 4 is 75.5 Å². The lowest BCUT2D eigenvalue weighted by atomic mass is 9.83. The van der Waals surface area contributed by atoms with Gasteiger partial charge >= 0.3 is 0 Å². The second-order valence-electron chi connectivity index (χ2n) is 16.8. The minimum atomic E-state index is 0.184. The molecule has 0 bridgehead atoms. The van der Waals surface area contributed by atoms with Gasteiger partial charge in [-0.1, -0.05) is 98.3 Å². The van der Waals surface area contributed by atoms with Crippen LogP contribution in [0.25, 0.3) is 52.3 Å². The van der Waals surface area contributed by atoms with Gasteiger partial charge in [0.1, 0.15) is 7.05 Å². The van der Waals surface area contributed by atoms with Crippen LogP contribution in [0.5, 0.6) is 0 Å². The Labute approximate surface area is 275 Å². The topological polar surface area (TPSA) is 3.88 Å². The van der Waals surface area contributed by atoms with Crippen LogP contribution in [-0.4, -0.2) is 0 Å². The average molecular weight is 637 g/mol. The van der Waals surface area contributed by atoms with E-state index in [9.17, 15) is 0 Å². The van der Waals surface area contributed by atoms with E-state index in [0.29, 0.717) is 0 Å². The molecule has 1 aliphatic rings. The van der Waals surface area contributed by atoms with Gasteiger partial charge in [0.05, 0.1) is 20.3 Å². The molecule has 7 rings (SSSR count). The Morgan fingerprint density at radius 1 is 0.659 bits per heavy atom. The lowest BCUT2D eigenvalue weighted by Gasteiger charge is -2.28. The van der Waals surface area contributed by atoms with Crippen molar-refractivity contribution in [3.05, 3.63) is 64.2 Å². The Bertz CT molecular complexity index is 2130. The molecular formula is C40H46NS3+. The summed E-state index contributed by atoms with van der Waals surface area (Å²) >= 11 is 6.21.